The van der Waals surface area contributed by atoms with Crippen molar-refractivity contribution in [2.45, 2.75) is 52.4 Å². The number of nitrogens with zero attached hydrogens (tertiary/aromatic N) is 3. The summed E-state index contributed by atoms with van der Waals surface area (Å²) in [5, 5.41) is 0. The quantitative estimate of drug-likeness (QED) is 0.655. The van der Waals surface area contributed by atoms with Crippen LogP contribution in [0.15, 0.2) is 21.9 Å². The Balaban J connectivity index is 1.97. The zero-order valence-electron chi connectivity index (χ0n) is 17.1. The van der Waals surface area contributed by atoms with Gasteiger partial charge in [0.15, 0.2) is 5.78 Å². The Hall–Kier alpha value is -2.52. The molecule has 1 aliphatic rings. The SMILES string of the molecule is COCC(C)n1c(C)cc(C(=O)Cn2c(=O)c(F)cn(C3CCCO3)c2=O)c1C. The molecule has 0 radical (unpaired) electrons. The maximum absolute atomic E-state index is 14.2. The minimum atomic E-state index is -1.11. The fourth-order valence-corrected chi connectivity index (χ4v) is 4.00. The molecule has 3 heterocycles. The molecule has 2 aromatic heterocycles. The molecule has 2 unspecified atom stereocenters. The smallest absolute Gasteiger partial charge is 0.333 e. The third kappa shape index (κ3) is 3.97. The molecule has 0 aromatic carbocycles. The highest BCUT2D eigenvalue weighted by molar-refractivity contribution is 5.97. The number of methoxy groups -OCH3 is 1. The molecule has 3 rings (SSSR count). The molecule has 2 atom stereocenters. The topological polar surface area (TPSA) is 84.5 Å². The third-order valence-electron chi connectivity index (χ3n) is 5.30. The van der Waals surface area contributed by atoms with E-state index in [4.69, 9.17) is 9.47 Å². The molecule has 1 aliphatic heterocycles. The lowest BCUT2D eigenvalue weighted by Crippen LogP contribution is -2.43. The van der Waals surface area contributed by atoms with E-state index in [0.717, 1.165) is 22.9 Å². The lowest BCUT2D eigenvalue weighted by Gasteiger charge is -2.18. The minimum absolute atomic E-state index is 0.00943. The number of rotatable bonds is 7. The predicted molar refractivity (Wildman–Crippen MR) is 104 cm³/mol. The van der Waals surface area contributed by atoms with E-state index >= 15 is 0 Å². The highest BCUT2D eigenvalue weighted by Gasteiger charge is 2.24. The summed E-state index contributed by atoms with van der Waals surface area (Å²) in [5.41, 5.74) is 0.0988. The van der Waals surface area contributed by atoms with Gasteiger partial charge in [0.2, 0.25) is 5.82 Å². The minimum Gasteiger partial charge on any atom is -0.383 e. The molecule has 29 heavy (non-hydrogen) atoms. The second kappa shape index (κ2) is 8.46. The molecule has 1 fully saturated rings. The van der Waals surface area contributed by atoms with Gasteiger partial charge in [-0.2, -0.15) is 4.39 Å². The van der Waals surface area contributed by atoms with Gasteiger partial charge in [-0.15, -0.1) is 0 Å². The Bertz CT molecular complexity index is 1030. The average molecular weight is 407 g/mol. The van der Waals surface area contributed by atoms with Gasteiger partial charge in [-0.3, -0.25) is 14.2 Å². The monoisotopic (exact) mass is 407 g/mol. The molecular formula is C20H26FN3O5. The Morgan fingerprint density at radius 1 is 1.38 bits per heavy atom. The zero-order chi connectivity index (χ0) is 21.3. The van der Waals surface area contributed by atoms with Crippen LogP contribution < -0.4 is 11.2 Å². The Kier molecular flexibility index (Phi) is 6.18. The van der Waals surface area contributed by atoms with Crippen LogP contribution in [0.4, 0.5) is 4.39 Å². The highest BCUT2D eigenvalue weighted by atomic mass is 19.1. The number of hydrogen-bond donors (Lipinski definition) is 0. The van der Waals surface area contributed by atoms with Crippen LogP contribution in [0.1, 0.15) is 53.8 Å². The number of halogens is 1. The zero-order valence-corrected chi connectivity index (χ0v) is 17.1. The van der Waals surface area contributed by atoms with Gasteiger partial charge in [0, 0.05) is 30.7 Å². The van der Waals surface area contributed by atoms with Crippen molar-refractivity contribution in [2.75, 3.05) is 20.3 Å². The summed E-state index contributed by atoms with van der Waals surface area (Å²) in [6.45, 7) is 6.03. The van der Waals surface area contributed by atoms with E-state index in [9.17, 15) is 18.8 Å². The molecule has 0 saturated carbocycles. The largest absolute Gasteiger partial charge is 0.383 e. The normalized spacial score (nSPS) is 17.6. The van der Waals surface area contributed by atoms with Gasteiger partial charge >= 0.3 is 5.69 Å². The van der Waals surface area contributed by atoms with E-state index in [0.29, 0.717) is 35.5 Å². The van der Waals surface area contributed by atoms with Gasteiger partial charge in [-0.1, -0.05) is 0 Å². The van der Waals surface area contributed by atoms with E-state index in [2.05, 4.69) is 0 Å². The van der Waals surface area contributed by atoms with Gasteiger partial charge in [0.25, 0.3) is 5.56 Å². The number of aryl methyl sites for hydroxylation is 1. The number of hydrogen-bond acceptors (Lipinski definition) is 5. The molecule has 0 spiro atoms. The Labute approximate surface area is 167 Å². The first-order chi connectivity index (χ1) is 13.8. The molecular weight excluding hydrogens is 381 g/mol. The van der Waals surface area contributed by atoms with Crippen LogP contribution in [0.2, 0.25) is 0 Å². The van der Waals surface area contributed by atoms with Crippen LogP contribution in [0, 0.1) is 19.7 Å². The van der Waals surface area contributed by atoms with Crippen LogP contribution in [-0.2, 0) is 16.0 Å². The van der Waals surface area contributed by atoms with Crippen molar-refractivity contribution in [2.24, 2.45) is 0 Å². The first-order valence-corrected chi connectivity index (χ1v) is 9.59. The maximum atomic E-state index is 14.2. The summed E-state index contributed by atoms with van der Waals surface area (Å²) >= 11 is 0. The molecule has 2 aromatic rings. The van der Waals surface area contributed by atoms with Gasteiger partial charge in [0.1, 0.15) is 6.23 Å². The number of ether oxygens (including phenoxy) is 2. The van der Waals surface area contributed by atoms with Crippen molar-refractivity contribution < 1.29 is 18.7 Å². The number of aromatic nitrogens is 3. The van der Waals surface area contributed by atoms with E-state index in [1.807, 2.05) is 18.4 Å². The van der Waals surface area contributed by atoms with Crippen molar-refractivity contribution in [1.29, 1.82) is 0 Å². The van der Waals surface area contributed by atoms with E-state index < -0.39 is 35.6 Å². The van der Waals surface area contributed by atoms with Gasteiger partial charge in [-0.05, 0) is 39.7 Å². The molecule has 1 saturated heterocycles. The summed E-state index contributed by atoms with van der Waals surface area (Å²) < 4.78 is 28.5. The van der Waals surface area contributed by atoms with E-state index in [1.165, 1.54) is 0 Å². The van der Waals surface area contributed by atoms with Crippen LogP contribution >= 0.6 is 0 Å². The standard InChI is InChI=1S/C20H26FN3O5/c1-12-8-15(14(3)24(12)13(2)11-28-4)17(25)10-23-19(26)16(21)9-22(20(23)27)18-6-5-7-29-18/h8-9,13,18H,5-7,10-11H2,1-4H3. The summed E-state index contributed by atoms with van der Waals surface area (Å²) in [4.78, 5) is 37.9. The van der Waals surface area contributed by atoms with Crippen molar-refractivity contribution in [3.05, 3.63) is 55.9 Å². The van der Waals surface area contributed by atoms with Crippen LogP contribution in [0.25, 0.3) is 0 Å². The van der Waals surface area contributed by atoms with Gasteiger partial charge in [-0.25, -0.2) is 9.36 Å². The lowest BCUT2D eigenvalue weighted by atomic mass is 10.1. The molecule has 0 amide bonds. The maximum Gasteiger partial charge on any atom is 0.333 e. The van der Waals surface area contributed by atoms with E-state index in [1.54, 1.807) is 20.1 Å². The molecule has 0 aliphatic carbocycles. The number of ketones is 1. The molecule has 158 valence electrons. The van der Waals surface area contributed by atoms with Crippen molar-refractivity contribution in [1.82, 2.24) is 13.7 Å². The number of carbonyl (C=O) groups excluding carboxylic acids is 1. The summed E-state index contributed by atoms with van der Waals surface area (Å²) in [6, 6.07) is 1.72. The van der Waals surface area contributed by atoms with Crippen LogP contribution in [0.3, 0.4) is 0 Å². The average Bonchev–Trinajstić information content (AvgIpc) is 3.30. The highest BCUT2D eigenvalue weighted by Crippen LogP contribution is 2.22. The van der Waals surface area contributed by atoms with Gasteiger partial charge < -0.3 is 14.0 Å². The van der Waals surface area contributed by atoms with Crippen molar-refractivity contribution >= 4 is 5.78 Å². The second-order valence-electron chi connectivity index (χ2n) is 7.41. The molecule has 0 bridgehead atoms. The molecule has 8 nitrogen and oxygen atoms in total. The number of Topliss-reactive ketones (excluding diaryl/α,β-unsaturated/α-hetero) is 1. The lowest BCUT2D eigenvalue weighted by molar-refractivity contribution is 0.0501. The van der Waals surface area contributed by atoms with Crippen LogP contribution in [-0.4, -0.2) is 39.8 Å². The fraction of sp³-hybridized carbons (Fsp3) is 0.550. The summed E-state index contributed by atoms with van der Waals surface area (Å²) in [7, 11) is 1.60. The molecule has 9 heteroatoms. The first-order valence-electron chi connectivity index (χ1n) is 9.59. The third-order valence-corrected chi connectivity index (χ3v) is 5.30. The Morgan fingerprint density at radius 3 is 2.72 bits per heavy atom. The predicted octanol–water partition coefficient (Wildman–Crippen LogP) is 1.97. The summed E-state index contributed by atoms with van der Waals surface area (Å²) in [6.07, 6.45) is 1.52. The second-order valence-corrected chi connectivity index (χ2v) is 7.41. The summed E-state index contributed by atoms with van der Waals surface area (Å²) in [5.74, 6) is -1.52. The van der Waals surface area contributed by atoms with Crippen LogP contribution in [0.5, 0.6) is 0 Å². The number of carbonyl (C=O) groups is 1. The van der Waals surface area contributed by atoms with Crippen molar-refractivity contribution in [3.8, 4) is 0 Å². The van der Waals surface area contributed by atoms with E-state index in [-0.39, 0.29) is 6.04 Å². The Morgan fingerprint density at radius 2 is 2.10 bits per heavy atom. The molecule has 0 N–H and O–H groups in total. The van der Waals surface area contributed by atoms with Crippen molar-refractivity contribution in [3.63, 3.8) is 0 Å². The first kappa shape index (κ1) is 21.2. The fourth-order valence-electron chi connectivity index (χ4n) is 4.00. The van der Waals surface area contributed by atoms with Gasteiger partial charge in [0.05, 0.1) is 25.4 Å².